The number of aliphatic hydroxyl groups excluding tert-OH is 1. The standard InChI is InChI=1S/C38H45N9O2S/c1-44-13-17-46(18-14-44)35-11-7-26(23-39-35)30-21-29(25-41-37(30)27-8-12-36(40-24-27)47-19-15-45(2)16-20-47)49-28-9-10-32-34(22-28)50-38(43-32)42-31-5-3-4-6-33(31)48/h7-12,21-25,31,33,48H,3-6,13-20H2,1-2H3,(H,42,43)/t31-,33-/m1/s1. The topological polar surface area (TPSA) is 106 Å². The minimum atomic E-state index is -0.330. The molecule has 50 heavy (non-hydrogen) atoms. The SMILES string of the molecule is CN1CCN(c2ccc(-c3cc(Oc4ccc5nc(N[C@@H]6CCCC[C@H]6O)sc5c4)cnc3-c3ccc(N4CCN(C)CC4)nc3)cn2)CC1. The van der Waals surface area contributed by atoms with Crippen LogP contribution in [0, 0.1) is 0 Å². The number of anilines is 3. The molecule has 6 heterocycles. The fourth-order valence-electron chi connectivity index (χ4n) is 7.07. The molecule has 1 aliphatic carbocycles. The van der Waals surface area contributed by atoms with E-state index >= 15 is 0 Å². The van der Waals surface area contributed by atoms with Crippen molar-refractivity contribution >= 4 is 38.3 Å². The zero-order chi connectivity index (χ0) is 34.0. The summed E-state index contributed by atoms with van der Waals surface area (Å²) in [4.78, 5) is 28.9. The summed E-state index contributed by atoms with van der Waals surface area (Å²) in [6, 6.07) is 16.5. The second-order valence-electron chi connectivity index (χ2n) is 13.8. The Kier molecular flexibility index (Phi) is 9.50. The first kappa shape index (κ1) is 32.8. The van der Waals surface area contributed by atoms with Gasteiger partial charge in [-0.1, -0.05) is 24.2 Å². The van der Waals surface area contributed by atoms with Crippen molar-refractivity contribution in [2.45, 2.75) is 37.8 Å². The van der Waals surface area contributed by atoms with Crippen molar-refractivity contribution in [2.75, 3.05) is 81.6 Å². The Hall–Kier alpha value is -4.36. The van der Waals surface area contributed by atoms with Crippen LogP contribution < -0.4 is 19.9 Å². The van der Waals surface area contributed by atoms with Crippen LogP contribution in [0.1, 0.15) is 25.7 Å². The van der Waals surface area contributed by atoms with Gasteiger partial charge in [-0.05, 0) is 69.4 Å². The predicted octanol–water partition coefficient (Wildman–Crippen LogP) is 5.83. The molecular formula is C38H45N9O2S. The number of ether oxygens (including phenoxy) is 1. The maximum absolute atomic E-state index is 10.4. The molecule has 5 aromatic rings. The average molecular weight is 692 g/mol. The van der Waals surface area contributed by atoms with Gasteiger partial charge in [-0.3, -0.25) is 4.98 Å². The summed E-state index contributed by atoms with van der Waals surface area (Å²) < 4.78 is 7.47. The highest BCUT2D eigenvalue weighted by molar-refractivity contribution is 7.22. The van der Waals surface area contributed by atoms with Crippen LogP contribution in [0.2, 0.25) is 0 Å². The van der Waals surface area contributed by atoms with Crippen LogP contribution >= 0.6 is 11.3 Å². The van der Waals surface area contributed by atoms with Crippen molar-refractivity contribution < 1.29 is 9.84 Å². The quantitative estimate of drug-likeness (QED) is 0.206. The molecule has 0 bridgehead atoms. The number of thiazole rings is 1. The molecular weight excluding hydrogens is 647 g/mol. The van der Waals surface area contributed by atoms with Gasteiger partial charge in [0.15, 0.2) is 5.13 Å². The van der Waals surface area contributed by atoms with Crippen LogP contribution in [-0.4, -0.2) is 113 Å². The minimum Gasteiger partial charge on any atom is -0.456 e. The number of pyridine rings is 3. The van der Waals surface area contributed by atoms with Crippen LogP contribution in [-0.2, 0) is 0 Å². The number of likely N-dealkylation sites (N-methyl/N-ethyl adjacent to an activating group) is 2. The number of benzene rings is 1. The summed E-state index contributed by atoms with van der Waals surface area (Å²) in [5, 5.41) is 14.7. The molecule has 4 aromatic heterocycles. The predicted molar refractivity (Wildman–Crippen MR) is 202 cm³/mol. The number of aromatic nitrogens is 4. The highest BCUT2D eigenvalue weighted by Gasteiger charge is 2.24. The number of aliphatic hydroxyl groups is 1. The van der Waals surface area contributed by atoms with E-state index in [1.165, 1.54) is 0 Å². The van der Waals surface area contributed by atoms with E-state index in [9.17, 15) is 5.11 Å². The summed E-state index contributed by atoms with van der Waals surface area (Å²) in [6.45, 7) is 8.00. The molecule has 2 N–H and O–H groups in total. The monoisotopic (exact) mass is 691 g/mol. The lowest BCUT2D eigenvalue weighted by Gasteiger charge is -2.33. The van der Waals surface area contributed by atoms with Crippen molar-refractivity contribution in [3.63, 3.8) is 0 Å². The first-order valence-electron chi connectivity index (χ1n) is 17.8. The summed E-state index contributed by atoms with van der Waals surface area (Å²) in [7, 11) is 4.33. The highest BCUT2D eigenvalue weighted by Crippen LogP contribution is 2.37. The van der Waals surface area contributed by atoms with Crippen LogP contribution in [0.15, 0.2) is 67.1 Å². The van der Waals surface area contributed by atoms with E-state index in [-0.39, 0.29) is 12.1 Å². The molecule has 0 spiro atoms. The van der Waals surface area contributed by atoms with E-state index in [0.29, 0.717) is 11.5 Å². The number of rotatable bonds is 8. The lowest BCUT2D eigenvalue weighted by atomic mass is 9.93. The molecule has 0 radical (unpaired) electrons. The van der Waals surface area contributed by atoms with E-state index in [1.54, 1.807) is 17.5 Å². The molecule has 0 amide bonds. The third-order valence-electron chi connectivity index (χ3n) is 10.2. The summed E-state index contributed by atoms with van der Waals surface area (Å²) >= 11 is 1.59. The second kappa shape index (κ2) is 14.5. The highest BCUT2D eigenvalue weighted by atomic mass is 32.1. The molecule has 3 fully saturated rings. The molecule has 1 aromatic carbocycles. The van der Waals surface area contributed by atoms with E-state index in [4.69, 9.17) is 24.7 Å². The largest absolute Gasteiger partial charge is 0.456 e. The number of hydrogen-bond donors (Lipinski definition) is 2. The number of nitrogens with zero attached hydrogens (tertiary/aromatic N) is 8. The molecule has 1 saturated carbocycles. The maximum atomic E-state index is 10.4. The zero-order valence-electron chi connectivity index (χ0n) is 28.8. The fraction of sp³-hybridized carbons (Fsp3) is 0.421. The smallest absolute Gasteiger partial charge is 0.184 e. The van der Waals surface area contributed by atoms with Crippen molar-refractivity contribution in [3.8, 4) is 33.9 Å². The normalized spacial score (nSPS) is 20.7. The van der Waals surface area contributed by atoms with E-state index in [1.807, 2.05) is 30.6 Å². The minimum absolute atomic E-state index is 0.0475. The van der Waals surface area contributed by atoms with Gasteiger partial charge in [0.1, 0.15) is 23.1 Å². The van der Waals surface area contributed by atoms with E-state index < -0.39 is 0 Å². The molecule has 2 atom stereocenters. The van der Waals surface area contributed by atoms with E-state index in [2.05, 4.69) is 69.3 Å². The Balaban J connectivity index is 1.07. The van der Waals surface area contributed by atoms with Gasteiger partial charge in [0, 0.05) is 87.5 Å². The van der Waals surface area contributed by atoms with Crippen molar-refractivity contribution in [2.24, 2.45) is 0 Å². The van der Waals surface area contributed by atoms with Gasteiger partial charge in [-0.2, -0.15) is 0 Å². The number of hydrogen-bond acceptors (Lipinski definition) is 12. The summed E-state index contributed by atoms with van der Waals surface area (Å²) in [5.41, 5.74) is 4.59. The zero-order valence-corrected chi connectivity index (χ0v) is 29.6. The number of fused-ring (bicyclic) bond motifs is 1. The maximum Gasteiger partial charge on any atom is 0.184 e. The number of piperazine rings is 2. The lowest BCUT2D eigenvalue weighted by Crippen LogP contribution is -2.44. The molecule has 11 nitrogen and oxygen atoms in total. The van der Waals surface area contributed by atoms with Gasteiger partial charge in [0.05, 0.1) is 34.3 Å². The van der Waals surface area contributed by atoms with Gasteiger partial charge in [0.25, 0.3) is 0 Å². The Morgan fingerprint density at radius 2 is 1.38 bits per heavy atom. The molecule has 260 valence electrons. The van der Waals surface area contributed by atoms with Crippen molar-refractivity contribution in [1.29, 1.82) is 0 Å². The lowest BCUT2D eigenvalue weighted by molar-refractivity contribution is 0.116. The third-order valence-corrected chi connectivity index (χ3v) is 11.2. The van der Waals surface area contributed by atoms with Crippen LogP contribution in [0.25, 0.3) is 32.6 Å². The molecule has 0 unspecified atom stereocenters. The first-order chi connectivity index (χ1) is 24.4. The molecule has 3 aliphatic rings. The summed E-state index contributed by atoms with van der Waals surface area (Å²) in [6.07, 6.45) is 9.34. The van der Waals surface area contributed by atoms with Crippen molar-refractivity contribution in [1.82, 2.24) is 29.7 Å². The van der Waals surface area contributed by atoms with E-state index in [0.717, 1.165) is 127 Å². The average Bonchev–Trinajstić information content (AvgIpc) is 3.55. The molecule has 12 heteroatoms. The third kappa shape index (κ3) is 7.25. The fourth-order valence-corrected chi connectivity index (χ4v) is 8.03. The van der Waals surface area contributed by atoms with Gasteiger partial charge in [-0.15, -0.1) is 0 Å². The first-order valence-corrected chi connectivity index (χ1v) is 18.6. The Bertz CT molecular complexity index is 1900. The van der Waals surface area contributed by atoms with Crippen LogP contribution in [0.5, 0.6) is 11.5 Å². The Morgan fingerprint density at radius 3 is 2.02 bits per heavy atom. The number of nitrogens with one attached hydrogen (secondary N) is 1. The van der Waals surface area contributed by atoms with Gasteiger partial charge < -0.3 is 34.8 Å². The van der Waals surface area contributed by atoms with Gasteiger partial charge >= 0.3 is 0 Å². The Morgan fingerprint density at radius 1 is 0.720 bits per heavy atom. The van der Waals surface area contributed by atoms with Crippen molar-refractivity contribution in [3.05, 3.63) is 67.1 Å². The molecule has 2 saturated heterocycles. The molecule has 2 aliphatic heterocycles. The summed E-state index contributed by atoms with van der Waals surface area (Å²) in [5.74, 6) is 3.34. The van der Waals surface area contributed by atoms with Crippen LogP contribution in [0.4, 0.5) is 16.8 Å². The van der Waals surface area contributed by atoms with Gasteiger partial charge in [-0.25, -0.2) is 15.0 Å². The van der Waals surface area contributed by atoms with Gasteiger partial charge in [0.2, 0.25) is 0 Å². The molecule has 8 rings (SSSR count). The Labute approximate surface area is 297 Å². The van der Waals surface area contributed by atoms with Crippen LogP contribution in [0.3, 0.4) is 0 Å². The second-order valence-corrected chi connectivity index (χ2v) is 14.8.